The zero-order valence-corrected chi connectivity index (χ0v) is 9.80. The normalized spacial score (nSPS) is 14.9. The number of rotatable bonds is 5. The molecule has 0 aromatic carbocycles. The van der Waals surface area contributed by atoms with Crippen LogP contribution in [0.1, 0.15) is 19.3 Å². The maximum atomic E-state index is 5.64. The fourth-order valence-corrected chi connectivity index (χ4v) is 1.72. The Morgan fingerprint density at radius 3 is 2.76 bits per heavy atom. The van der Waals surface area contributed by atoms with Gasteiger partial charge in [-0.1, -0.05) is 6.08 Å². The molecule has 6 heteroatoms. The van der Waals surface area contributed by atoms with Crippen molar-refractivity contribution in [3.05, 3.63) is 12.7 Å². The Balaban J connectivity index is 2.08. The third-order valence-electron chi connectivity index (χ3n) is 2.56. The summed E-state index contributed by atoms with van der Waals surface area (Å²) in [7, 11) is 0. The molecule has 0 aliphatic carbocycles. The smallest absolute Gasteiger partial charge is 0.323 e. The Morgan fingerprint density at radius 1 is 1.29 bits per heavy atom. The van der Waals surface area contributed by atoms with Crippen molar-refractivity contribution in [3.8, 4) is 6.01 Å². The fourth-order valence-electron chi connectivity index (χ4n) is 1.72. The summed E-state index contributed by atoms with van der Waals surface area (Å²) in [5.41, 5.74) is 5.64. The van der Waals surface area contributed by atoms with E-state index >= 15 is 0 Å². The van der Waals surface area contributed by atoms with Gasteiger partial charge in [0.15, 0.2) is 0 Å². The van der Waals surface area contributed by atoms with Crippen LogP contribution in [0, 0.1) is 0 Å². The van der Waals surface area contributed by atoms with E-state index in [9.17, 15) is 0 Å². The predicted molar refractivity (Wildman–Crippen MR) is 66.0 cm³/mol. The summed E-state index contributed by atoms with van der Waals surface area (Å²) in [6.07, 6.45) is 4.87. The highest BCUT2D eigenvalue weighted by Crippen LogP contribution is 2.18. The predicted octanol–water partition coefficient (Wildman–Crippen LogP) is 1.01. The highest BCUT2D eigenvalue weighted by molar-refractivity contribution is 5.36. The molecule has 0 radical (unpaired) electrons. The summed E-state index contributed by atoms with van der Waals surface area (Å²) >= 11 is 0. The Labute approximate surface area is 101 Å². The van der Waals surface area contributed by atoms with Crippen molar-refractivity contribution < 1.29 is 4.74 Å². The van der Waals surface area contributed by atoms with Gasteiger partial charge in [0.2, 0.25) is 11.9 Å². The van der Waals surface area contributed by atoms with Gasteiger partial charge in [0.25, 0.3) is 0 Å². The van der Waals surface area contributed by atoms with E-state index in [1.807, 2.05) is 0 Å². The lowest BCUT2D eigenvalue weighted by Gasteiger charge is -2.15. The molecule has 6 nitrogen and oxygen atoms in total. The molecule has 1 saturated heterocycles. The maximum Gasteiger partial charge on any atom is 0.323 e. The van der Waals surface area contributed by atoms with Gasteiger partial charge in [-0.15, -0.1) is 6.58 Å². The third kappa shape index (κ3) is 3.05. The molecule has 1 aliphatic rings. The molecule has 17 heavy (non-hydrogen) atoms. The number of hydrogen-bond donors (Lipinski definition) is 1. The maximum absolute atomic E-state index is 5.64. The van der Waals surface area contributed by atoms with Crippen molar-refractivity contribution in [2.24, 2.45) is 0 Å². The van der Waals surface area contributed by atoms with Gasteiger partial charge in [-0.25, -0.2) is 0 Å². The van der Waals surface area contributed by atoms with Crippen LogP contribution in [-0.2, 0) is 0 Å². The molecule has 1 aliphatic heterocycles. The monoisotopic (exact) mass is 235 g/mol. The van der Waals surface area contributed by atoms with E-state index in [1.54, 1.807) is 6.08 Å². The molecular weight excluding hydrogens is 218 g/mol. The van der Waals surface area contributed by atoms with Crippen LogP contribution in [-0.4, -0.2) is 34.6 Å². The van der Waals surface area contributed by atoms with Crippen molar-refractivity contribution >= 4 is 11.9 Å². The number of anilines is 2. The number of ether oxygens (including phenoxy) is 1. The Bertz CT molecular complexity index is 389. The summed E-state index contributed by atoms with van der Waals surface area (Å²) in [5.74, 6) is 0.819. The molecule has 2 rings (SSSR count). The summed E-state index contributed by atoms with van der Waals surface area (Å²) in [5, 5.41) is 0. The largest absolute Gasteiger partial charge is 0.463 e. The SMILES string of the molecule is C=CCCOc1nc(N)nc(N2CCCC2)n1. The molecule has 92 valence electrons. The second kappa shape index (κ2) is 5.47. The minimum Gasteiger partial charge on any atom is -0.463 e. The van der Waals surface area contributed by atoms with Crippen molar-refractivity contribution in [2.45, 2.75) is 19.3 Å². The highest BCUT2D eigenvalue weighted by Gasteiger charge is 2.17. The molecule has 1 fully saturated rings. The number of nitrogen functional groups attached to an aromatic ring is 1. The van der Waals surface area contributed by atoms with Crippen LogP contribution < -0.4 is 15.4 Å². The minimum atomic E-state index is 0.204. The molecule has 1 aromatic rings. The van der Waals surface area contributed by atoms with Gasteiger partial charge < -0.3 is 15.4 Å². The quantitative estimate of drug-likeness (QED) is 0.606. The zero-order chi connectivity index (χ0) is 12.1. The Kier molecular flexibility index (Phi) is 3.74. The van der Waals surface area contributed by atoms with E-state index in [-0.39, 0.29) is 5.95 Å². The third-order valence-corrected chi connectivity index (χ3v) is 2.56. The van der Waals surface area contributed by atoms with Gasteiger partial charge in [-0.3, -0.25) is 0 Å². The van der Waals surface area contributed by atoms with Crippen molar-refractivity contribution in [3.63, 3.8) is 0 Å². The number of nitrogens with two attached hydrogens (primary N) is 1. The van der Waals surface area contributed by atoms with Crippen LogP contribution in [0.15, 0.2) is 12.7 Å². The first-order valence-corrected chi connectivity index (χ1v) is 5.80. The van der Waals surface area contributed by atoms with Crippen LogP contribution in [0.3, 0.4) is 0 Å². The van der Waals surface area contributed by atoms with Crippen LogP contribution in [0.25, 0.3) is 0 Å². The Morgan fingerprint density at radius 2 is 2.06 bits per heavy atom. The topological polar surface area (TPSA) is 77.2 Å². The molecule has 0 unspecified atom stereocenters. The van der Waals surface area contributed by atoms with Gasteiger partial charge in [0.1, 0.15) is 0 Å². The first-order valence-electron chi connectivity index (χ1n) is 5.80. The molecule has 1 aromatic heterocycles. The second-order valence-electron chi connectivity index (χ2n) is 3.90. The van der Waals surface area contributed by atoms with E-state index in [0.717, 1.165) is 32.4 Å². The summed E-state index contributed by atoms with van der Waals surface area (Å²) in [6.45, 7) is 6.07. The van der Waals surface area contributed by atoms with Gasteiger partial charge >= 0.3 is 6.01 Å². The molecular formula is C11H17N5O. The Hall–Kier alpha value is -1.85. The lowest BCUT2D eigenvalue weighted by molar-refractivity contribution is 0.298. The number of hydrogen-bond acceptors (Lipinski definition) is 6. The van der Waals surface area contributed by atoms with Crippen molar-refractivity contribution in [1.82, 2.24) is 15.0 Å². The fraction of sp³-hybridized carbons (Fsp3) is 0.545. The zero-order valence-electron chi connectivity index (χ0n) is 9.80. The molecule has 0 spiro atoms. The van der Waals surface area contributed by atoms with Crippen LogP contribution in [0.5, 0.6) is 6.01 Å². The number of nitrogens with zero attached hydrogens (tertiary/aromatic N) is 4. The van der Waals surface area contributed by atoms with Gasteiger partial charge in [-0.05, 0) is 19.3 Å². The summed E-state index contributed by atoms with van der Waals surface area (Å²) in [6, 6.07) is 0.293. The first kappa shape index (κ1) is 11.6. The molecule has 0 atom stereocenters. The van der Waals surface area contributed by atoms with Crippen LogP contribution >= 0.6 is 0 Å². The average molecular weight is 235 g/mol. The molecule has 0 saturated carbocycles. The van der Waals surface area contributed by atoms with Crippen molar-refractivity contribution in [1.29, 1.82) is 0 Å². The standard InChI is InChI=1S/C11H17N5O/c1-2-3-8-17-11-14-9(12)13-10(15-11)16-6-4-5-7-16/h2H,1,3-8H2,(H2,12,13,14,15). The van der Waals surface area contributed by atoms with Gasteiger partial charge in [0, 0.05) is 13.1 Å². The lowest BCUT2D eigenvalue weighted by Crippen LogP contribution is -2.21. The van der Waals surface area contributed by atoms with E-state index in [2.05, 4.69) is 26.4 Å². The van der Waals surface area contributed by atoms with E-state index < -0.39 is 0 Å². The van der Waals surface area contributed by atoms with Crippen LogP contribution in [0.2, 0.25) is 0 Å². The minimum absolute atomic E-state index is 0.204. The average Bonchev–Trinajstić information content (AvgIpc) is 2.82. The number of aromatic nitrogens is 3. The van der Waals surface area contributed by atoms with E-state index in [1.165, 1.54) is 0 Å². The van der Waals surface area contributed by atoms with E-state index in [4.69, 9.17) is 10.5 Å². The van der Waals surface area contributed by atoms with Crippen LogP contribution in [0.4, 0.5) is 11.9 Å². The molecule has 2 N–H and O–H groups in total. The lowest BCUT2D eigenvalue weighted by atomic mass is 10.4. The first-order chi connectivity index (χ1) is 8.29. The summed E-state index contributed by atoms with van der Waals surface area (Å²) < 4.78 is 5.39. The molecule has 0 amide bonds. The van der Waals surface area contributed by atoms with Gasteiger partial charge in [-0.2, -0.15) is 15.0 Å². The highest BCUT2D eigenvalue weighted by atomic mass is 16.5. The summed E-state index contributed by atoms with van der Waals surface area (Å²) in [4.78, 5) is 14.4. The molecule has 2 heterocycles. The van der Waals surface area contributed by atoms with E-state index in [0.29, 0.717) is 18.6 Å². The molecule has 0 bridgehead atoms. The van der Waals surface area contributed by atoms with Gasteiger partial charge in [0.05, 0.1) is 6.61 Å². The second-order valence-corrected chi connectivity index (χ2v) is 3.90. The van der Waals surface area contributed by atoms with Crippen molar-refractivity contribution in [2.75, 3.05) is 30.3 Å².